The quantitative estimate of drug-likeness (QED) is 0.756. The number of thioether (sulfide) groups is 1. The van der Waals surface area contributed by atoms with Gasteiger partial charge < -0.3 is 11.1 Å². The lowest BCUT2D eigenvalue weighted by Gasteiger charge is -2.04. The van der Waals surface area contributed by atoms with Gasteiger partial charge in [-0.3, -0.25) is 4.79 Å². The first kappa shape index (κ1) is 12.5. The predicted molar refractivity (Wildman–Crippen MR) is 70.8 cm³/mol. The first-order chi connectivity index (χ1) is 8.28. The van der Waals surface area contributed by atoms with E-state index < -0.39 is 0 Å². The minimum absolute atomic E-state index is 0.129. The molecule has 1 fully saturated rings. The minimum Gasteiger partial charge on any atom is -0.355 e. The summed E-state index contributed by atoms with van der Waals surface area (Å²) in [6.07, 6.45) is 2.54. The van der Waals surface area contributed by atoms with E-state index in [-0.39, 0.29) is 5.91 Å². The standard InChI is InChI=1S/C13H18N2OS/c14-7-10-3-5-12(6-4-10)17-9-13(16)15-8-11-1-2-11/h3-6,11H,1-2,7-9,14H2,(H,15,16). The molecule has 0 aromatic heterocycles. The van der Waals surface area contributed by atoms with Crippen LogP contribution in [0.15, 0.2) is 29.2 Å². The Bertz CT molecular complexity index is 374. The lowest BCUT2D eigenvalue weighted by atomic mass is 10.2. The van der Waals surface area contributed by atoms with Crippen molar-refractivity contribution in [3.8, 4) is 0 Å². The molecular weight excluding hydrogens is 232 g/mol. The lowest BCUT2D eigenvalue weighted by molar-refractivity contribution is -0.118. The van der Waals surface area contributed by atoms with Crippen LogP contribution in [0, 0.1) is 5.92 Å². The third-order valence-corrected chi connectivity index (χ3v) is 3.83. The highest BCUT2D eigenvalue weighted by molar-refractivity contribution is 8.00. The summed E-state index contributed by atoms with van der Waals surface area (Å²) in [6.45, 7) is 1.42. The Hall–Kier alpha value is -1.00. The number of hydrogen-bond acceptors (Lipinski definition) is 3. The highest BCUT2D eigenvalue weighted by atomic mass is 32.2. The second-order valence-corrected chi connectivity index (χ2v) is 5.43. The summed E-state index contributed by atoms with van der Waals surface area (Å²) >= 11 is 1.57. The van der Waals surface area contributed by atoms with E-state index in [9.17, 15) is 4.79 Å². The van der Waals surface area contributed by atoms with E-state index in [0.717, 1.165) is 22.9 Å². The summed E-state index contributed by atoms with van der Waals surface area (Å²) in [4.78, 5) is 12.6. The molecule has 0 unspecified atom stereocenters. The number of hydrogen-bond donors (Lipinski definition) is 2. The average molecular weight is 250 g/mol. The highest BCUT2D eigenvalue weighted by Gasteiger charge is 2.21. The summed E-state index contributed by atoms with van der Waals surface area (Å²) in [5.74, 6) is 1.37. The van der Waals surface area contributed by atoms with Gasteiger partial charge in [0.25, 0.3) is 0 Å². The minimum atomic E-state index is 0.129. The summed E-state index contributed by atoms with van der Waals surface area (Å²) in [6, 6.07) is 8.04. The van der Waals surface area contributed by atoms with Gasteiger partial charge >= 0.3 is 0 Å². The maximum Gasteiger partial charge on any atom is 0.230 e. The van der Waals surface area contributed by atoms with Gasteiger partial charge in [0.15, 0.2) is 0 Å². The van der Waals surface area contributed by atoms with E-state index in [0.29, 0.717) is 12.3 Å². The molecule has 92 valence electrons. The van der Waals surface area contributed by atoms with Crippen molar-refractivity contribution in [3.05, 3.63) is 29.8 Å². The first-order valence-corrected chi connectivity index (χ1v) is 6.95. The van der Waals surface area contributed by atoms with Crippen LogP contribution in [0.1, 0.15) is 18.4 Å². The molecule has 0 aliphatic heterocycles. The van der Waals surface area contributed by atoms with Crippen molar-refractivity contribution in [2.24, 2.45) is 11.7 Å². The Morgan fingerprint density at radius 2 is 2.06 bits per heavy atom. The molecule has 0 heterocycles. The van der Waals surface area contributed by atoms with Crippen LogP contribution in [0.25, 0.3) is 0 Å². The van der Waals surface area contributed by atoms with Gasteiger partial charge in [-0.1, -0.05) is 12.1 Å². The second kappa shape index (κ2) is 6.07. The van der Waals surface area contributed by atoms with Crippen LogP contribution >= 0.6 is 11.8 Å². The van der Waals surface area contributed by atoms with Gasteiger partial charge in [0.1, 0.15) is 0 Å². The zero-order valence-corrected chi connectivity index (χ0v) is 10.6. The maximum atomic E-state index is 11.5. The molecule has 1 aromatic rings. The van der Waals surface area contributed by atoms with Gasteiger partial charge in [0, 0.05) is 18.0 Å². The average Bonchev–Trinajstić information content (AvgIpc) is 3.18. The Labute approximate surface area is 106 Å². The number of carbonyl (C=O) groups excluding carboxylic acids is 1. The molecule has 2 rings (SSSR count). The van der Waals surface area contributed by atoms with Crippen LogP contribution < -0.4 is 11.1 Å². The van der Waals surface area contributed by atoms with Gasteiger partial charge in [0.05, 0.1) is 5.75 Å². The monoisotopic (exact) mass is 250 g/mol. The van der Waals surface area contributed by atoms with Crippen LogP contribution in [-0.2, 0) is 11.3 Å². The SMILES string of the molecule is NCc1ccc(SCC(=O)NCC2CC2)cc1. The van der Waals surface area contributed by atoms with Crippen molar-refractivity contribution in [2.75, 3.05) is 12.3 Å². The van der Waals surface area contributed by atoms with Gasteiger partial charge in [0.2, 0.25) is 5.91 Å². The van der Waals surface area contributed by atoms with E-state index in [1.54, 1.807) is 11.8 Å². The third-order valence-electron chi connectivity index (χ3n) is 2.81. The van der Waals surface area contributed by atoms with Gasteiger partial charge in [-0.2, -0.15) is 0 Å². The highest BCUT2D eigenvalue weighted by Crippen LogP contribution is 2.27. The molecule has 1 saturated carbocycles. The number of benzene rings is 1. The molecule has 3 nitrogen and oxygen atoms in total. The summed E-state index contributed by atoms with van der Waals surface area (Å²) in [7, 11) is 0. The number of carbonyl (C=O) groups is 1. The van der Waals surface area contributed by atoms with E-state index in [1.807, 2.05) is 24.3 Å². The fourth-order valence-corrected chi connectivity index (χ4v) is 2.23. The van der Waals surface area contributed by atoms with Crippen LogP contribution in [0.5, 0.6) is 0 Å². The number of nitrogens with one attached hydrogen (secondary N) is 1. The molecule has 0 bridgehead atoms. The molecule has 0 saturated heterocycles. The predicted octanol–water partition coefficient (Wildman–Crippen LogP) is 1.76. The third kappa shape index (κ3) is 4.40. The summed E-state index contributed by atoms with van der Waals surface area (Å²) in [5.41, 5.74) is 6.64. The molecule has 0 radical (unpaired) electrons. The molecule has 3 N–H and O–H groups in total. The van der Waals surface area contributed by atoms with Crippen molar-refractivity contribution >= 4 is 17.7 Å². The van der Waals surface area contributed by atoms with Gasteiger partial charge in [-0.25, -0.2) is 0 Å². The van der Waals surface area contributed by atoms with Crippen molar-refractivity contribution in [3.63, 3.8) is 0 Å². The fourth-order valence-electron chi connectivity index (χ4n) is 1.50. The summed E-state index contributed by atoms with van der Waals surface area (Å²) < 4.78 is 0. The van der Waals surface area contributed by atoms with E-state index in [4.69, 9.17) is 5.73 Å². The lowest BCUT2D eigenvalue weighted by Crippen LogP contribution is -2.27. The van der Waals surface area contributed by atoms with Crippen LogP contribution in [0.4, 0.5) is 0 Å². The van der Waals surface area contributed by atoms with Gasteiger partial charge in [-0.15, -0.1) is 11.8 Å². The van der Waals surface area contributed by atoms with E-state index in [2.05, 4.69) is 5.32 Å². The largest absolute Gasteiger partial charge is 0.355 e. The molecule has 17 heavy (non-hydrogen) atoms. The number of rotatable bonds is 6. The topological polar surface area (TPSA) is 55.1 Å². The van der Waals surface area contributed by atoms with Crippen LogP contribution in [0.3, 0.4) is 0 Å². The fraction of sp³-hybridized carbons (Fsp3) is 0.462. The van der Waals surface area contributed by atoms with Gasteiger partial charge in [-0.05, 0) is 36.5 Å². The zero-order valence-electron chi connectivity index (χ0n) is 9.82. The van der Waals surface area contributed by atoms with Crippen molar-refractivity contribution < 1.29 is 4.79 Å². The molecule has 4 heteroatoms. The van der Waals surface area contributed by atoms with Crippen molar-refractivity contribution in [1.82, 2.24) is 5.32 Å². The van der Waals surface area contributed by atoms with Crippen molar-refractivity contribution in [2.45, 2.75) is 24.3 Å². The summed E-state index contributed by atoms with van der Waals surface area (Å²) in [5, 5.41) is 2.96. The molecule has 1 amide bonds. The Morgan fingerprint density at radius 1 is 1.35 bits per heavy atom. The van der Waals surface area contributed by atoms with E-state index >= 15 is 0 Å². The first-order valence-electron chi connectivity index (χ1n) is 5.96. The molecular formula is C13H18N2OS. The second-order valence-electron chi connectivity index (χ2n) is 4.38. The zero-order chi connectivity index (χ0) is 12.1. The number of amides is 1. The molecule has 1 aliphatic carbocycles. The molecule has 1 aromatic carbocycles. The molecule has 0 atom stereocenters. The van der Waals surface area contributed by atoms with Crippen LogP contribution in [-0.4, -0.2) is 18.2 Å². The Balaban J connectivity index is 1.70. The smallest absolute Gasteiger partial charge is 0.230 e. The molecule has 1 aliphatic rings. The Morgan fingerprint density at radius 3 is 2.65 bits per heavy atom. The normalized spacial score (nSPS) is 14.6. The molecule has 0 spiro atoms. The number of nitrogens with two attached hydrogens (primary N) is 1. The Kier molecular flexibility index (Phi) is 4.45. The van der Waals surface area contributed by atoms with E-state index in [1.165, 1.54) is 12.8 Å². The maximum absolute atomic E-state index is 11.5. The van der Waals surface area contributed by atoms with Crippen molar-refractivity contribution in [1.29, 1.82) is 0 Å². The van der Waals surface area contributed by atoms with Crippen LogP contribution in [0.2, 0.25) is 0 Å².